The van der Waals surface area contributed by atoms with Crippen LogP contribution in [0.15, 0.2) is 132 Å². The van der Waals surface area contributed by atoms with E-state index in [4.69, 9.17) is 4.99 Å². The number of rotatable bonds is 3. The molecule has 1 aliphatic heterocycles. The van der Waals surface area contributed by atoms with Crippen molar-refractivity contribution in [2.75, 3.05) is 0 Å². The molecule has 0 N–H and O–H groups in total. The van der Waals surface area contributed by atoms with Crippen molar-refractivity contribution in [3.63, 3.8) is 0 Å². The average molecular weight is 588 g/mol. The van der Waals surface area contributed by atoms with E-state index in [9.17, 15) is 0 Å². The van der Waals surface area contributed by atoms with Gasteiger partial charge < -0.3 is 0 Å². The smallest absolute Gasteiger partial charge is 0.104 e. The monoisotopic (exact) mass is 587 g/mol. The second-order valence-electron chi connectivity index (χ2n) is 10.2. The standard InChI is InChI=1S/C35H26IN/c1-35(2)30-22-28-16-10-9-15-27(28)21-29(30)33-31(35)32(25-13-7-4-8-14-25)36-34(37-33)26-19-17-24(18-20-26)23-11-5-3-6-12-23/h3-22H,1-2H3. The Kier molecular flexibility index (Phi) is 5.33. The van der Waals surface area contributed by atoms with Gasteiger partial charge in [-0.15, -0.1) is 0 Å². The highest BCUT2D eigenvalue weighted by atomic mass is 127. The predicted octanol–water partition coefficient (Wildman–Crippen LogP) is 9.16. The fraction of sp³-hybridized carbons (Fsp3) is 0.0857. The van der Waals surface area contributed by atoms with Crippen LogP contribution in [-0.2, 0) is 5.41 Å². The van der Waals surface area contributed by atoms with Gasteiger partial charge in [0.15, 0.2) is 0 Å². The zero-order valence-electron chi connectivity index (χ0n) is 20.9. The topological polar surface area (TPSA) is 12.4 Å². The lowest BCUT2D eigenvalue weighted by Gasteiger charge is -2.26. The molecule has 0 aromatic heterocycles. The zero-order valence-corrected chi connectivity index (χ0v) is 23.0. The highest BCUT2D eigenvalue weighted by molar-refractivity contribution is 14.2. The fourth-order valence-corrected chi connectivity index (χ4v) is 9.02. The van der Waals surface area contributed by atoms with Crippen molar-refractivity contribution >= 4 is 44.4 Å². The van der Waals surface area contributed by atoms with Gasteiger partial charge in [-0.05, 0) is 45.2 Å². The molecule has 0 amide bonds. The molecule has 0 fully saturated rings. The van der Waals surface area contributed by atoms with Crippen molar-refractivity contribution in [1.82, 2.24) is 0 Å². The Labute approximate surface area is 228 Å². The molecule has 0 radical (unpaired) electrons. The van der Waals surface area contributed by atoms with Gasteiger partial charge in [-0.25, -0.2) is 4.99 Å². The Hall–Kier alpha value is -3.63. The zero-order chi connectivity index (χ0) is 25.0. The lowest BCUT2D eigenvalue weighted by Crippen LogP contribution is -2.20. The molecule has 7 rings (SSSR count). The van der Waals surface area contributed by atoms with E-state index in [0.29, 0.717) is 0 Å². The van der Waals surface area contributed by atoms with Crippen LogP contribution in [0, 0.1) is 0 Å². The summed E-state index contributed by atoms with van der Waals surface area (Å²) in [4.78, 5) is 5.46. The Morgan fingerprint density at radius 1 is 0.568 bits per heavy atom. The van der Waals surface area contributed by atoms with Crippen LogP contribution in [0.3, 0.4) is 0 Å². The second kappa shape index (κ2) is 8.74. The average Bonchev–Trinajstić information content (AvgIpc) is 3.18. The first kappa shape index (κ1) is 22.6. The molecule has 178 valence electrons. The number of nitrogens with zero attached hydrogens (tertiary/aromatic N) is 1. The molecular weight excluding hydrogens is 561 g/mol. The Morgan fingerprint density at radius 3 is 1.78 bits per heavy atom. The first-order chi connectivity index (χ1) is 18.1. The highest BCUT2D eigenvalue weighted by Crippen LogP contribution is 2.52. The van der Waals surface area contributed by atoms with Gasteiger partial charge in [0.2, 0.25) is 0 Å². The number of halogens is 1. The van der Waals surface area contributed by atoms with E-state index in [1.165, 1.54) is 56.9 Å². The van der Waals surface area contributed by atoms with E-state index in [2.05, 4.69) is 135 Å². The summed E-state index contributed by atoms with van der Waals surface area (Å²) in [5.41, 5.74) is 10.2. The van der Waals surface area contributed by atoms with Crippen molar-refractivity contribution in [3.05, 3.63) is 149 Å². The minimum Gasteiger partial charge on any atom is -0.241 e. The van der Waals surface area contributed by atoms with Crippen LogP contribution in [-0.4, -0.2) is 9.34 Å². The molecule has 2 aliphatic rings. The molecule has 0 atom stereocenters. The summed E-state index contributed by atoms with van der Waals surface area (Å²) in [6, 6.07) is 44.0. The summed E-state index contributed by atoms with van der Waals surface area (Å²) < 4.78 is 2.74. The van der Waals surface area contributed by atoms with E-state index in [-0.39, 0.29) is 5.41 Å². The van der Waals surface area contributed by atoms with Crippen molar-refractivity contribution in [2.45, 2.75) is 19.3 Å². The van der Waals surface area contributed by atoms with E-state index in [0.717, 1.165) is 5.71 Å². The van der Waals surface area contributed by atoms with E-state index in [1.54, 1.807) is 0 Å². The van der Waals surface area contributed by atoms with Crippen LogP contribution in [0.2, 0.25) is 0 Å². The van der Waals surface area contributed by atoms with Gasteiger partial charge in [0.25, 0.3) is 0 Å². The number of fused-ring (bicyclic) bond motifs is 4. The molecule has 1 heterocycles. The third-order valence-corrected chi connectivity index (χ3v) is 10.6. The summed E-state index contributed by atoms with van der Waals surface area (Å²) >= 11 is -0.467. The number of allylic oxidation sites excluding steroid dienone is 1. The first-order valence-corrected chi connectivity index (χ1v) is 14.9. The quantitative estimate of drug-likeness (QED) is 0.187. The van der Waals surface area contributed by atoms with Crippen molar-refractivity contribution in [1.29, 1.82) is 0 Å². The predicted molar refractivity (Wildman–Crippen MR) is 167 cm³/mol. The minimum absolute atomic E-state index is 0.0915. The molecule has 1 aliphatic carbocycles. The highest BCUT2D eigenvalue weighted by Gasteiger charge is 2.43. The van der Waals surface area contributed by atoms with E-state index >= 15 is 0 Å². The summed E-state index contributed by atoms with van der Waals surface area (Å²) in [5, 5.41) is 2.57. The van der Waals surface area contributed by atoms with Gasteiger partial charge in [0, 0.05) is 25.7 Å². The van der Waals surface area contributed by atoms with Crippen LogP contribution in [0.5, 0.6) is 0 Å². The van der Waals surface area contributed by atoms with Crippen LogP contribution < -0.4 is 0 Å². The third kappa shape index (κ3) is 3.74. The number of aliphatic imine (C=N–C) groups is 1. The second-order valence-corrected chi connectivity index (χ2v) is 12.9. The van der Waals surface area contributed by atoms with Gasteiger partial charge >= 0.3 is 0 Å². The normalized spacial score (nSPS) is 15.9. The number of hydrogen-bond donors (Lipinski definition) is 0. The van der Waals surface area contributed by atoms with E-state index in [1.807, 2.05) is 0 Å². The summed E-state index contributed by atoms with van der Waals surface area (Å²) in [6.07, 6.45) is 0. The van der Waals surface area contributed by atoms with Crippen molar-refractivity contribution in [3.8, 4) is 11.1 Å². The third-order valence-electron chi connectivity index (χ3n) is 7.55. The molecule has 37 heavy (non-hydrogen) atoms. The minimum atomic E-state index is -0.467. The van der Waals surface area contributed by atoms with Gasteiger partial charge in [-0.3, -0.25) is 0 Å². The molecule has 0 spiro atoms. The molecule has 5 aromatic carbocycles. The fourth-order valence-electron chi connectivity index (χ4n) is 5.60. The summed E-state index contributed by atoms with van der Waals surface area (Å²) in [6.45, 7) is 4.76. The van der Waals surface area contributed by atoms with Crippen LogP contribution >= 0.6 is 20.7 Å². The number of benzene rings is 5. The van der Waals surface area contributed by atoms with E-state index < -0.39 is 20.7 Å². The van der Waals surface area contributed by atoms with Crippen LogP contribution in [0.25, 0.3) is 25.5 Å². The molecule has 2 heteroatoms. The first-order valence-electron chi connectivity index (χ1n) is 12.7. The Bertz CT molecular complexity index is 1760. The SMILES string of the molecule is CC1(C)C2=C(c3ccccc3)I=C(c3ccc(-c4ccccc4)cc3)N=C2c2cc3ccccc3cc21. The maximum Gasteiger partial charge on any atom is 0.104 e. The van der Waals surface area contributed by atoms with Gasteiger partial charge in [-0.2, -0.15) is 0 Å². The molecule has 5 aromatic rings. The maximum absolute atomic E-state index is 5.46. The lowest BCUT2D eigenvalue weighted by molar-refractivity contribution is 0.667. The largest absolute Gasteiger partial charge is 0.241 e. The summed E-state index contributed by atoms with van der Waals surface area (Å²) in [7, 11) is 0. The van der Waals surface area contributed by atoms with Crippen molar-refractivity contribution < 1.29 is 0 Å². The van der Waals surface area contributed by atoms with Crippen LogP contribution in [0.1, 0.15) is 36.1 Å². The van der Waals surface area contributed by atoms with Gasteiger partial charge in [0.05, 0.1) is 5.71 Å². The number of hydrogen-bond acceptors (Lipinski definition) is 1. The van der Waals surface area contributed by atoms with Crippen LogP contribution in [0.4, 0.5) is 0 Å². The van der Waals surface area contributed by atoms with Crippen molar-refractivity contribution in [2.24, 2.45) is 4.99 Å². The van der Waals surface area contributed by atoms with Gasteiger partial charge in [0.1, 0.15) is 3.63 Å². The lowest BCUT2D eigenvalue weighted by atomic mass is 9.81. The summed E-state index contributed by atoms with van der Waals surface area (Å²) in [5.74, 6) is 0. The molecular formula is C35H26IN. The molecule has 0 bridgehead atoms. The molecule has 0 saturated carbocycles. The maximum atomic E-state index is 5.46. The van der Waals surface area contributed by atoms with Gasteiger partial charge in [-0.1, -0.05) is 144 Å². The Balaban J connectivity index is 1.44. The Morgan fingerprint density at radius 2 is 1.11 bits per heavy atom. The molecule has 0 saturated heterocycles. The molecule has 1 nitrogen and oxygen atoms in total. The molecule has 0 unspecified atom stereocenters.